The fourth-order valence-corrected chi connectivity index (χ4v) is 1.59. The summed E-state index contributed by atoms with van der Waals surface area (Å²) >= 11 is 7.36. The summed E-state index contributed by atoms with van der Waals surface area (Å²) in [7, 11) is 0. The highest BCUT2D eigenvalue weighted by Gasteiger charge is 2.05. The smallest absolute Gasteiger partial charge is 0.183 e. The number of thioether (sulfide) groups is 1. The molecule has 0 bridgehead atoms. The van der Waals surface area contributed by atoms with E-state index in [1.807, 2.05) is 6.26 Å². The Morgan fingerprint density at radius 3 is 3.17 bits per heavy atom. The summed E-state index contributed by atoms with van der Waals surface area (Å²) in [5.41, 5.74) is 0.649. The molecule has 0 radical (unpaired) electrons. The van der Waals surface area contributed by atoms with Crippen LogP contribution in [0.15, 0.2) is 17.7 Å². The lowest BCUT2D eigenvalue weighted by Crippen LogP contribution is -1.92. The third kappa shape index (κ3) is 1.05. The van der Waals surface area contributed by atoms with Crippen molar-refractivity contribution in [3.63, 3.8) is 0 Å². The minimum absolute atomic E-state index is 0.519. The number of rotatable bonds is 1. The van der Waals surface area contributed by atoms with Crippen LogP contribution in [0.2, 0.25) is 5.02 Å². The van der Waals surface area contributed by atoms with Gasteiger partial charge in [0, 0.05) is 0 Å². The molecule has 0 aliphatic heterocycles. The molecule has 0 aliphatic carbocycles. The van der Waals surface area contributed by atoms with Crippen LogP contribution in [0.4, 0.5) is 0 Å². The first-order valence-corrected chi connectivity index (χ1v) is 4.81. The van der Waals surface area contributed by atoms with Crippen LogP contribution in [0.5, 0.6) is 0 Å². The lowest BCUT2D eigenvalue weighted by atomic mass is 10.6. The fourth-order valence-electron chi connectivity index (χ4n) is 0.921. The SMILES string of the molecule is CSc1ncc(Cl)c2nncn12. The van der Waals surface area contributed by atoms with Crippen molar-refractivity contribution in [1.29, 1.82) is 0 Å². The zero-order valence-electron chi connectivity index (χ0n) is 6.23. The van der Waals surface area contributed by atoms with E-state index in [9.17, 15) is 0 Å². The van der Waals surface area contributed by atoms with Gasteiger partial charge in [-0.15, -0.1) is 10.2 Å². The molecule has 0 saturated carbocycles. The quantitative estimate of drug-likeness (QED) is 0.517. The summed E-state index contributed by atoms with van der Waals surface area (Å²) in [5.74, 6) is 0. The summed E-state index contributed by atoms with van der Waals surface area (Å²) < 4.78 is 1.76. The van der Waals surface area contributed by atoms with E-state index in [0.717, 1.165) is 5.16 Å². The molecule has 0 amide bonds. The molecule has 0 saturated heterocycles. The van der Waals surface area contributed by atoms with Crippen molar-refractivity contribution in [2.75, 3.05) is 6.26 Å². The Morgan fingerprint density at radius 2 is 2.42 bits per heavy atom. The van der Waals surface area contributed by atoms with Crippen LogP contribution < -0.4 is 0 Å². The minimum Gasteiger partial charge on any atom is -0.259 e. The molecule has 0 aromatic carbocycles. The van der Waals surface area contributed by atoms with Gasteiger partial charge >= 0.3 is 0 Å². The van der Waals surface area contributed by atoms with Crippen molar-refractivity contribution in [1.82, 2.24) is 19.6 Å². The second-order valence-electron chi connectivity index (χ2n) is 2.12. The maximum absolute atomic E-state index is 5.83. The van der Waals surface area contributed by atoms with Crippen LogP contribution in [0.3, 0.4) is 0 Å². The second-order valence-corrected chi connectivity index (χ2v) is 3.30. The van der Waals surface area contributed by atoms with Crippen molar-refractivity contribution < 1.29 is 0 Å². The van der Waals surface area contributed by atoms with Crippen LogP contribution in [0.1, 0.15) is 0 Å². The Bertz CT molecular complexity index is 413. The molecule has 0 atom stereocenters. The third-order valence-corrected chi connectivity index (χ3v) is 2.37. The molecule has 2 aromatic heterocycles. The van der Waals surface area contributed by atoms with E-state index >= 15 is 0 Å². The molecular formula is C6H5ClN4S. The topological polar surface area (TPSA) is 43.1 Å². The lowest BCUT2D eigenvalue weighted by molar-refractivity contribution is 0.900. The van der Waals surface area contributed by atoms with Crippen LogP contribution in [-0.2, 0) is 0 Å². The van der Waals surface area contributed by atoms with Gasteiger partial charge in [0.15, 0.2) is 10.8 Å². The van der Waals surface area contributed by atoms with E-state index in [2.05, 4.69) is 15.2 Å². The van der Waals surface area contributed by atoms with Crippen LogP contribution in [0.25, 0.3) is 5.65 Å². The van der Waals surface area contributed by atoms with Crippen molar-refractivity contribution in [2.24, 2.45) is 0 Å². The van der Waals surface area contributed by atoms with Gasteiger partial charge in [-0.05, 0) is 6.26 Å². The number of fused-ring (bicyclic) bond motifs is 1. The Labute approximate surface area is 78.0 Å². The monoisotopic (exact) mass is 200 g/mol. The van der Waals surface area contributed by atoms with Gasteiger partial charge in [-0.25, -0.2) is 4.98 Å². The van der Waals surface area contributed by atoms with E-state index in [1.54, 1.807) is 16.9 Å². The maximum Gasteiger partial charge on any atom is 0.183 e. The van der Waals surface area contributed by atoms with Gasteiger partial charge in [0.2, 0.25) is 0 Å². The molecular weight excluding hydrogens is 196 g/mol. The molecule has 0 aliphatic rings. The Hall–Kier alpha value is -0.810. The molecule has 12 heavy (non-hydrogen) atoms. The summed E-state index contributed by atoms with van der Waals surface area (Å²) in [6.07, 6.45) is 5.12. The average Bonchev–Trinajstić information content (AvgIpc) is 2.54. The Balaban J connectivity index is 2.82. The van der Waals surface area contributed by atoms with E-state index in [0.29, 0.717) is 10.7 Å². The third-order valence-electron chi connectivity index (χ3n) is 1.44. The highest BCUT2D eigenvalue weighted by Crippen LogP contribution is 2.18. The molecule has 6 heteroatoms. The molecule has 4 nitrogen and oxygen atoms in total. The first-order chi connectivity index (χ1) is 5.83. The van der Waals surface area contributed by atoms with Crippen LogP contribution >= 0.6 is 23.4 Å². The Kier molecular flexibility index (Phi) is 1.90. The van der Waals surface area contributed by atoms with Gasteiger partial charge < -0.3 is 0 Å². The lowest BCUT2D eigenvalue weighted by Gasteiger charge is -1.99. The van der Waals surface area contributed by atoms with Crippen molar-refractivity contribution >= 4 is 29.0 Å². The van der Waals surface area contributed by atoms with Gasteiger partial charge in [0.25, 0.3) is 0 Å². The van der Waals surface area contributed by atoms with Gasteiger partial charge in [-0.3, -0.25) is 4.40 Å². The zero-order chi connectivity index (χ0) is 8.55. The molecule has 0 spiro atoms. The van der Waals surface area contributed by atoms with E-state index < -0.39 is 0 Å². The first-order valence-electron chi connectivity index (χ1n) is 3.21. The molecule has 0 unspecified atom stereocenters. The van der Waals surface area contributed by atoms with Gasteiger partial charge in [-0.2, -0.15) is 0 Å². The number of hydrogen-bond donors (Lipinski definition) is 0. The second kappa shape index (κ2) is 2.91. The standard InChI is InChI=1S/C6H5ClN4S/c1-12-6-8-2-4(7)5-10-9-3-11(5)6/h2-3H,1H3. The first kappa shape index (κ1) is 7.82. The summed E-state index contributed by atoms with van der Waals surface area (Å²) in [6, 6.07) is 0. The largest absolute Gasteiger partial charge is 0.259 e. The van der Waals surface area contributed by atoms with Crippen LogP contribution in [0, 0.1) is 0 Å². The van der Waals surface area contributed by atoms with Crippen LogP contribution in [-0.4, -0.2) is 25.8 Å². The number of hydrogen-bond acceptors (Lipinski definition) is 4. The summed E-state index contributed by atoms with van der Waals surface area (Å²) in [4.78, 5) is 4.11. The van der Waals surface area contributed by atoms with Crippen molar-refractivity contribution in [3.05, 3.63) is 17.5 Å². The highest BCUT2D eigenvalue weighted by atomic mass is 35.5. The summed E-state index contributed by atoms with van der Waals surface area (Å²) in [6.45, 7) is 0. The zero-order valence-corrected chi connectivity index (χ0v) is 7.80. The fraction of sp³-hybridized carbons (Fsp3) is 0.167. The number of halogens is 1. The predicted octanol–water partition coefficient (Wildman–Crippen LogP) is 1.50. The maximum atomic E-state index is 5.83. The molecule has 2 heterocycles. The normalized spacial score (nSPS) is 10.8. The molecule has 0 N–H and O–H groups in total. The molecule has 2 aromatic rings. The van der Waals surface area contributed by atoms with E-state index in [4.69, 9.17) is 11.6 Å². The van der Waals surface area contributed by atoms with E-state index in [1.165, 1.54) is 11.8 Å². The minimum atomic E-state index is 0.519. The number of aromatic nitrogens is 4. The molecule has 2 rings (SSSR count). The van der Waals surface area contributed by atoms with Crippen molar-refractivity contribution in [3.8, 4) is 0 Å². The van der Waals surface area contributed by atoms with E-state index in [-0.39, 0.29) is 0 Å². The molecule has 0 fully saturated rings. The highest BCUT2D eigenvalue weighted by molar-refractivity contribution is 7.98. The average molecular weight is 201 g/mol. The summed E-state index contributed by atoms with van der Waals surface area (Å²) in [5, 5.41) is 8.95. The molecule has 62 valence electrons. The number of nitrogens with zero attached hydrogens (tertiary/aromatic N) is 4. The van der Waals surface area contributed by atoms with Gasteiger partial charge in [0.05, 0.1) is 6.20 Å². The predicted molar refractivity (Wildman–Crippen MR) is 47.6 cm³/mol. The van der Waals surface area contributed by atoms with Gasteiger partial charge in [-0.1, -0.05) is 23.4 Å². The Morgan fingerprint density at radius 1 is 1.58 bits per heavy atom. The van der Waals surface area contributed by atoms with Crippen molar-refractivity contribution in [2.45, 2.75) is 5.16 Å². The van der Waals surface area contributed by atoms with Gasteiger partial charge in [0.1, 0.15) is 11.3 Å².